The smallest absolute Gasteiger partial charge is 0.0992 e. The molecule has 2 N–H and O–H groups in total. The molecular formula is C11H16ClNO. The molecule has 14 heavy (non-hydrogen) atoms. The first-order chi connectivity index (χ1) is 6.56. The predicted molar refractivity (Wildman–Crippen MR) is 59.6 cm³/mol. The van der Waals surface area contributed by atoms with Crippen LogP contribution >= 0.6 is 11.6 Å². The van der Waals surface area contributed by atoms with Gasteiger partial charge in [-0.25, -0.2) is 0 Å². The molecule has 0 saturated carbocycles. The van der Waals surface area contributed by atoms with E-state index in [1.165, 1.54) is 0 Å². The Morgan fingerprint density at radius 2 is 1.93 bits per heavy atom. The molecule has 1 unspecified atom stereocenters. The minimum atomic E-state index is -0.833. The van der Waals surface area contributed by atoms with Gasteiger partial charge in [-0.05, 0) is 31.2 Å². The summed E-state index contributed by atoms with van der Waals surface area (Å²) in [4.78, 5) is 0. The van der Waals surface area contributed by atoms with Crippen LogP contribution in [0.3, 0.4) is 0 Å². The van der Waals surface area contributed by atoms with Gasteiger partial charge in [0.1, 0.15) is 0 Å². The normalized spacial score (nSPS) is 15.1. The second-order valence-corrected chi connectivity index (χ2v) is 4.00. The molecule has 0 fully saturated rings. The standard InChI is InChI=1S/C11H16ClNO/c1-3-13-8-11(2,14)9-4-6-10(12)7-5-9/h4-7,13-14H,3,8H2,1-2H3. The topological polar surface area (TPSA) is 32.3 Å². The molecular weight excluding hydrogens is 198 g/mol. The van der Waals surface area contributed by atoms with Gasteiger partial charge in [0.15, 0.2) is 0 Å². The fourth-order valence-corrected chi connectivity index (χ4v) is 1.41. The molecule has 78 valence electrons. The van der Waals surface area contributed by atoms with Gasteiger partial charge in [0.2, 0.25) is 0 Å². The summed E-state index contributed by atoms with van der Waals surface area (Å²) < 4.78 is 0. The molecule has 0 heterocycles. The largest absolute Gasteiger partial charge is 0.384 e. The van der Waals surface area contributed by atoms with Gasteiger partial charge in [-0.1, -0.05) is 30.7 Å². The lowest BCUT2D eigenvalue weighted by molar-refractivity contribution is 0.0576. The van der Waals surface area contributed by atoms with E-state index in [2.05, 4.69) is 5.32 Å². The molecule has 0 radical (unpaired) electrons. The molecule has 0 aliphatic carbocycles. The zero-order chi connectivity index (χ0) is 10.6. The van der Waals surface area contributed by atoms with Crippen LogP contribution in [0, 0.1) is 0 Å². The third-order valence-electron chi connectivity index (χ3n) is 2.19. The number of benzene rings is 1. The fourth-order valence-electron chi connectivity index (χ4n) is 1.28. The first-order valence-electron chi connectivity index (χ1n) is 4.75. The van der Waals surface area contributed by atoms with E-state index in [1.807, 2.05) is 19.1 Å². The SMILES string of the molecule is CCNCC(C)(O)c1ccc(Cl)cc1. The van der Waals surface area contributed by atoms with Crippen molar-refractivity contribution in [2.75, 3.05) is 13.1 Å². The lowest BCUT2D eigenvalue weighted by Gasteiger charge is -2.24. The van der Waals surface area contributed by atoms with Crippen LogP contribution in [-0.4, -0.2) is 18.2 Å². The molecule has 1 aromatic carbocycles. The number of rotatable bonds is 4. The Bertz CT molecular complexity index is 282. The van der Waals surface area contributed by atoms with Gasteiger partial charge in [-0.2, -0.15) is 0 Å². The van der Waals surface area contributed by atoms with Gasteiger partial charge >= 0.3 is 0 Å². The summed E-state index contributed by atoms with van der Waals surface area (Å²) in [6.07, 6.45) is 0. The maximum absolute atomic E-state index is 10.1. The van der Waals surface area contributed by atoms with Crippen LogP contribution < -0.4 is 5.32 Å². The van der Waals surface area contributed by atoms with E-state index in [-0.39, 0.29) is 0 Å². The van der Waals surface area contributed by atoms with Crippen molar-refractivity contribution >= 4 is 11.6 Å². The molecule has 0 aliphatic rings. The van der Waals surface area contributed by atoms with Gasteiger partial charge in [0.05, 0.1) is 5.60 Å². The fraction of sp³-hybridized carbons (Fsp3) is 0.455. The van der Waals surface area contributed by atoms with Gasteiger partial charge in [0, 0.05) is 11.6 Å². The Labute approximate surface area is 89.9 Å². The Balaban J connectivity index is 2.75. The van der Waals surface area contributed by atoms with Crippen LogP contribution in [0.4, 0.5) is 0 Å². The predicted octanol–water partition coefficient (Wildman–Crippen LogP) is 2.16. The first kappa shape index (κ1) is 11.5. The monoisotopic (exact) mass is 213 g/mol. The van der Waals surface area contributed by atoms with Crippen LogP contribution in [0.25, 0.3) is 0 Å². The highest BCUT2D eigenvalue weighted by atomic mass is 35.5. The Kier molecular flexibility index (Phi) is 3.93. The summed E-state index contributed by atoms with van der Waals surface area (Å²) in [5, 5.41) is 13.9. The van der Waals surface area contributed by atoms with Crippen molar-refractivity contribution in [1.82, 2.24) is 5.32 Å². The van der Waals surface area contributed by atoms with E-state index < -0.39 is 5.60 Å². The van der Waals surface area contributed by atoms with E-state index in [0.717, 1.165) is 12.1 Å². The molecule has 3 heteroatoms. The molecule has 0 bridgehead atoms. The lowest BCUT2D eigenvalue weighted by Crippen LogP contribution is -2.35. The summed E-state index contributed by atoms with van der Waals surface area (Å²) in [7, 11) is 0. The first-order valence-corrected chi connectivity index (χ1v) is 5.13. The molecule has 2 nitrogen and oxygen atoms in total. The van der Waals surface area contributed by atoms with Crippen molar-refractivity contribution in [3.8, 4) is 0 Å². The van der Waals surface area contributed by atoms with Crippen molar-refractivity contribution < 1.29 is 5.11 Å². The average Bonchev–Trinajstić information content (AvgIpc) is 2.16. The zero-order valence-electron chi connectivity index (χ0n) is 8.55. The third kappa shape index (κ3) is 2.98. The summed E-state index contributed by atoms with van der Waals surface area (Å²) in [5.41, 5.74) is 0.0449. The lowest BCUT2D eigenvalue weighted by atomic mass is 9.96. The van der Waals surface area contributed by atoms with Crippen LogP contribution in [0.2, 0.25) is 5.02 Å². The Morgan fingerprint density at radius 1 is 1.36 bits per heavy atom. The van der Waals surface area contributed by atoms with E-state index in [0.29, 0.717) is 11.6 Å². The Hall–Kier alpha value is -0.570. The van der Waals surface area contributed by atoms with Crippen molar-refractivity contribution in [2.45, 2.75) is 19.4 Å². The van der Waals surface area contributed by atoms with Gasteiger partial charge in [0.25, 0.3) is 0 Å². The highest BCUT2D eigenvalue weighted by Gasteiger charge is 2.21. The molecule has 1 atom stereocenters. The molecule has 0 aliphatic heterocycles. The third-order valence-corrected chi connectivity index (χ3v) is 2.44. The van der Waals surface area contributed by atoms with Crippen molar-refractivity contribution in [3.63, 3.8) is 0 Å². The average molecular weight is 214 g/mol. The molecule has 1 aromatic rings. The molecule has 0 saturated heterocycles. The zero-order valence-corrected chi connectivity index (χ0v) is 9.30. The molecule has 1 rings (SSSR count). The number of halogens is 1. The maximum atomic E-state index is 10.1. The summed E-state index contributed by atoms with van der Waals surface area (Å²) >= 11 is 5.77. The molecule has 0 aromatic heterocycles. The minimum absolute atomic E-state index is 0.547. The van der Waals surface area contributed by atoms with Gasteiger partial charge < -0.3 is 10.4 Å². The highest BCUT2D eigenvalue weighted by Crippen LogP contribution is 2.21. The number of hydrogen-bond donors (Lipinski definition) is 2. The highest BCUT2D eigenvalue weighted by molar-refractivity contribution is 6.30. The summed E-state index contributed by atoms with van der Waals surface area (Å²) in [6.45, 7) is 5.20. The second-order valence-electron chi connectivity index (χ2n) is 3.56. The second kappa shape index (κ2) is 4.78. The minimum Gasteiger partial charge on any atom is -0.384 e. The van der Waals surface area contributed by atoms with Crippen molar-refractivity contribution in [1.29, 1.82) is 0 Å². The van der Waals surface area contributed by atoms with Crippen LogP contribution in [0.5, 0.6) is 0 Å². The maximum Gasteiger partial charge on any atom is 0.0992 e. The van der Waals surface area contributed by atoms with E-state index in [9.17, 15) is 5.11 Å². The van der Waals surface area contributed by atoms with Gasteiger partial charge in [-0.15, -0.1) is 0 Å². The Morgan fingerprint density at radius 3 is 2.43 bits per heavy atom. The van der Waals surface area contributed by atoms with E-state index in [4.69, 9.17) is 11.6 Å². The molecule has 0 spiro atoms. The van der Waals surface area contributed by atoms with E-state index in [1.54, 1.807) is 19.1 Å². The number of hydrogen-bond acceptors (Lipinski definition) is 2. The number of aliphatic hydroxyl groups is 1. The quantitative estimate of drug-likeness (QED) is 0.804. The van der Waals surface area contributed by atoms with Crippen molar-refractivity contribution in [3.05, 3.63) is 34.9 Å². The summed E-state index contributed by atoms with van der Waals surface area (Å²) in [5.74, 6) is 0. The van der Waals surface area contributed by atoms with Crippen LogP contribution in [0.15, 0.2) is 24.3 Å². The molecule has 0 amide bonds. The van der Waals surface area contributed by atoms with Crippen LogP contribution in [0.1, 0.15) is 19.4 Å². The van der Waals surface area contributed by atoms with Crippen molar-refractivity contribution in [2.24, 2.45) is 0 Å². The van der Waals surface area contributed by atoms with E-state index >= 15 is 0 Å². The van der Waals surface area contributed by atoms with Crippen LogP contribution in [-0.2, 0) is 5.60 Å². The van der Waals surface area contributed by atoms with Gasteiger partial charge in [-0.3, -0.25) is 0 Å². The number of nitrogens with one attached hydrogen (secondary N) is 1. The summed E-state index contributed by atoms with van der Waals surface area (Å²) in [6, 6.07) is 7.27. The number of likely N-dealkylation sites (N-methyl/N-ethyl adjacent to an activating group) is 1.